The Morgan fingerprint density at radius 2 is 2.00 bits per heavy atom. The normalized spacial score (nSPS) is 10.3. The first-order chi connectivity index (χ1) is 9.19. The Balaban J connectivity index is 2.57. The molecule has 0 aliphatic rings. The van der Waals surface area contributed by atoms with Gasteiger partial charge >= 0.3 is 0 Å². The Kier molecular flexibility index (Phi) is 7.56. The summed E-state index contributed by atoms with van der Waals surface area (Å²) in [4.78, 5) is 11.9. The number of halogens is 1. The van der Waals surface area contributed by atoms with E-state index in [9.17, 15) is 4.79 Å². The molecule has 4 heteroatoms. The van der Waals surface area contributed by atoms with Crippen LogP contribution >= 0.6 is 15.9 Å². The number of hydrogen-bond donors (Lipinski definition) is 1. The molecule has 0 bridgehead atoms. The molecule has 0 atom stereocenters. The Labute approximate surface area is 123 Å². The monoisotopic (exact) mass is 327 g/mol. The SMILES string of the molecule is CCCCNC(=O)c1ccc(OCCCC)c(Br)c1. The van der Waals surface area contributed by atoms with Crippen LogP contribution in [0.4, 0.5) is 0 Å². The second-order valence-corrected chi connectivity index (χ2v) is 5.31. The topological polar surface area (TPSA) is 38.3 Å². The largest absolute Gasteiger partial charge is 0.492 e. The average molecular weight is 328 g/mol. The summed E-state index contributed by atoms with van der Waals surface area (Å²) in [6.07, 6.45) is 4.22. The van der Waals surface area contributed by atoms with E-state index in [0.29, 0.717) is 12.2 Å². The standard InChI is InChI=1S/C15H22BrNO2/c1-3-5-9-17-15(18)12-7-8-14(13(16)11-12)19-10-6-4-2/h7-8,11H,3-6,9-10H2,1-2H3,(H,17,18). The number of ether oxygens (including phenoxy) is 1. The molecule has 0 aliphatic heterocycles. The van der Waals surface area contributed by atoms with Gasteiger partial charge in [-0.25, -0.2) is 0 Å². The van der Waals surface area contributed by atoms with Crippen LogP contribution in [0.1, 0.15) is 49.9 Å². The van der Waals surface area contributed by atoms with Gasteiger partial charge in [-0.1, -0.05) is 26.7 Å². The first-order valence-corrected chi connectivity index (χ1v) is 7.68. The first kappa shape index (κ1) is 16.0. The van der Waals surface area contributed by atoms with Crippen LogP contribution in [0.5, 0.6) is 5.75 Å². The fraction of sp³-hybridized carbons (Fsp3) is 0.533. The Morgan fingerprint density at radius 3 is 2.63 bits per heavy atom. The van der Waals surface area contributed by atoms with Gasteiger partial charge in [0.15, 0.2) is 0 Å². The lowest BCUT2D eigenvalue weighted by atomic mass is 10.2. The first-order valence-electron chi connectivity index (χ1n) is 6.89. The van der Waals surface area contributed by atoms with E-state index >= 15 is 0 Å². The molecule has 0 heterocycles. The Bertz CT molecular complexity index is 407. The van der Waals surface area contributed by atoms with E-state index in [2.05, 4.69) is 35.1 Å². The number of unbranched alkanes of at least 4 members (excludes halogenated alkanes) is 2. The van der Waals surface area contributed by atoms with Gasteiger partial charge < -0.3 is 10.1 Å². The Morgan fingerprint density at radius 1 is 1.26 bits per heavy atom. The predicted octanol–water partition coefficient (Wildman–Crippen LogP) is 4.16. The van der Waals surface area contributed by atoms with Crippen molar-refractivity contribution in [1.82, 2.24) is 5.32 Å². The van der Waals surface area contributed by atoms with Gasteiger partial charge in [-0.05, 0) is 47.0 Å². The quantitative estimate of drug-likeness (QED) is 0.728. The second kappa shape index (κ2) is 8.97. The second-order valence-electron chi connectivity index (χ2n) is 4.46. The van der Waals surface area contributed by atoms with Crippen molar-refractivity contribution in [3.63, 3.8) is 0 Å². The van der Waals surface area contributed by atoms with Crippen molar-refractivity contribution in [2.45, 2.75) is 39.5 Å². The molecule has 0 aromatic heterocycles. The third-order valence-electron chi connectivity index (χ3n) is 2.77. The Hall–Kier alpha value is -1.03. The smallest absolute Gasteiger partial charge is 0.251 e. The van der Waals surface area contributed by atoms with Crippen molar-refractivity contribution in [3.05, 3.63) is 28.2 Å². The average Bonchev–Trinajstić information content (AvgIpc) is 2.41. The van der Waals surface area contributed by atoms with Gasteiger partial charge in [0.2, 0.25) is 0 Å². The van der Waals surface area contributed by atoms with E-state index in [1.165, 1.54) is 0 Å². The van der Waals surface area contributed by atoms with E-state index in [1.54, 1.807) is 6.07 Å². The summed E-state index contributed by atoms with van der Waals surface area (Å²) in [5.74, 6) is 0.757. The van der Waals surface area contributed by atoms with Crippen LogP contribution in [0, 0.1) is 0 Å². The molecule has 0 spiro atoms. The molecule has 0 saturated heterocycles. The highest BCUT2D eigenvalue weighted by Crippen LogP contribution is 2.26. The minimum absolute atomic E-state index is 0.0331. The molecule has 3 nitrogen and oxygen atoms in total. The summed E-state index contributed by atoms with van der Waals surface area (Å²) < 4.78 is 6.46. The molecule has 0 unspecified atom stereocenters. The lowest BCUT2D eigenvalue weighted by molar-refractivity contribution is 0.0953. The lowest BCUT2D eigenvalue weighted by Gasteiger charge is -2.09. The summed E-state index contributed by atoms with van der Waals surface area (Å²) >= 11 is 3.44. The van der Waals surface area contributed by atoms with Gasteiger partial charge in [0.05, 0.1) is 11.1 Å². The molecular weight excluding hydrogens is 306 g/mol. The molecule has 0 radical (unpaired) electrons. The van der Waals surface area contributed by atoms with Crippen LogP contribution in [0.25, 0.3) is 0 Å². The zero-order chi connectivity index (χ0) is 14.1. The van der Waals surface area contributed by atoms with Crippen molar-refractivity contribution < 1.29 is 9.53 Å². The van der Waals surface area contributed by atoms with E-state index in [0.717, 1.165) is 42.5 Å². The number of amides is 1. The third-order valence-corrected chi connectivity index (χ3v) is 3.39. The molecule has 1 aromatic rings. The number of carbonyl (C=O) groups excluding carboxylic acids is 1. The number of hydrogen-bond acceptors (Lipinski definition) is 2. The molecule has 19 heavy (non-hydrogen) atoms. The van der Waals surface area contributed by atoms with Crippen molar-refractivity contribution in [1.29, 1.82) is 0 Å². The summed E-state index contributed by atoms with van der Waals surface area (Å²) in [5.41, 5.74) is 0.658. The maximum atomic E-state index is 11.9. The summed E-state index contributed by atoms with van der Waals surface area (Å²) in [6.45, 7) is 5.66. The van der Waals surface area contributed by atoms with Crippen molar-refractivity contribution >= 4 is 21.8 Å². The van der Waals surface area contributed by atoms with Crippen LogP contribution in [0.2, 0.25) is 0 Å². The van der Waals surface area contributed by atoms with Crippen LogP contribution in [0.15, 0.2) is 22.7 Å². The molecule has 1 amide bonds. The molecule has 0 saturated carbocycles. The minimum Gasteiger partial charge on any atom is -0.492 e. The maximum absolute atomic E-state index is 11.9. The zero-order valence-electron chi connectivity index (χ0n) is 11.7. The van der Waals surface area contributed by atoms with E-state index in [4.69, 9.17) is 4.74 Å². The highest BCUT2D eigenvalue weighted by molar-refractivity contribution is 9.10. The highest BCUT2D eigenvalue weighted by Gasteiger charge is 2.08. The van der Waals surface area contributed by atoms with Crippen LogP contribution in [-0.4, -0.2) is 19.1 Å². The number of rotatable bonds is 8. The van der Waals surface area contributed by atoms with Crippen LogP contribution in [-0.2, 0) is 0 Å². The molecule has 106 valence electrons. The summed E-state index contributed by atoms with van der Waals surface area (Å²) in [5, 5.41) is 2.90. The third kappa shape index (κ3) is 5.64. The van der Waals surface area contributed by atoms with E-state index in [1.807, 2.05) is 12.1 Å². The lowest BCUT2D eigenvalue weighted by Crippen LogP contribution is -2.24. The molecule has 1 N–H and O–H groups in total. The fourth-order valence-electron chi connectivity index (χ4n) is 1.57. The van der Waals surface area contributed by atoms with Crippen molar-refractivity contribution in [2.24, 2.45) is 0 Å². The van der Waals surface area contributed by atoms with E-state index in [-0.39, 0.29) is 5.91 Å². The molecule has 0 fully saturated rings. The van der Waals surface area contributed by atoms with Gasteiger partial charge in [0.1, 0.15) is 5.75 Å². The predicted molar refractivity (Wildman–Crippen MR) is 81.8 cm³/mol. The molecule has 1 aromatic carbocycles. The van der Waals surface area contributed by atoms with Crippen LogP contribution in [0.3, 0.4) is 0 Å². The summed E-state index contributed by atoms with van der Waals surface area (Å²) in [7, 11) is 0. The number of benzene rings is 1. The fourth-order valence-corrected chi connectivity index (χ4v) is 2.06. The van der Waals surface area contributed by atoms with Crippen molar-refractivity contribution in [3.8, 4) is 5.75 Å². The zero-order valence-corrected chi connectivity index (χ0v) is 13.3. The van der Waals surface area contributed by atoms with Gasteiger partial charge in [0, 0.05) is 12.1 Å². The van der Waals surface area contributed by atoms with Gasteiger partial charge in [-0.15, -0.1) is 0 Å². The maximum Gasteiger partial charge on any atom is 0.251 e. The number of carbonyl (C=O) groups is 1. The molecule has 0 aliphatic carbocycles. The summed E-state index contributed by atoms with van der Waals surface area (Å²) in [6, 6.07) is 5.45. The van der Waals surface area contributed by atoms with Gasteiger partial charge in [0.25, 0.3) is 5.91 Å². The molecular formula is C15H22BrNO2. The number of nitrogens with one attached hydrogen (secondary N) is 1. The minimum atomic E-state index is -0.0331. The van der Waals surface area contributed by atoms with E-state index < -0.39 is 0 Å². The highest BCUT2D eigenvalue weighted by atomic mass is 79.9. The molecule has 1 rings (SSSR count). The van der Waals surface area contributed by atoms with Crippen molar-refractivity contribution in [2.75, 3.05) is 13.2 Å². The van der Waals surface area contributed by atoms with Gasteiger partial charge in [-0.2, -0.15) is 0 Å². The van der Waals surface area contributed by atoms with Crippen LogP contribution < -0.4 is 10.1 Å². The van der Waals surface area contributed by atoms with Gasteiger partial charge in [-0.3, -0.25) is 4.79 Å².